The zero-order chi connectivity index (χ0) is 35.1. The number of carbonyl (C=O) groups is 1. The quantitative estimate of drug-likeness (QED) is 0.158. The molecule has 0 aliphatic carbocycles. The van der Waals surface area contributed by atoms with Gasteiger partial charge < -0.3 is 35.9 Å². The summed E-state index contributed by atoms with van der Waals surface area (Å²) < 4.78 is 8.08. The fourth-order valence-corrected chi connectivity index (χ4v) is 6.35. The molecule has 3 aromatic rings. The normalized spacial score (nSPS) is 15.2. The van der Waals surface area contributed by atoms with Crippen molar-refractivity contribution < 1.29 is 19.7 Å². The molecule has 0 bridgehead atoms. The highest BCUT2D eigenvalue weighted by atomic mass is 16.5. The Morgan fingerprint density at radius 1 is 0.958 bits per heavy atom. The maximum atomic E-state index is 13.1. The second kappa shape index (κ2) is 16.3. The number of aromatic nitrogens is 3. The molecular weight excluding hydrogens is 606 g/mol. The number of hydrogen-bond acceptors (Lipinski definition) is 9. The van der Waals surface area contributed by atoms with Crippen molar-refractivity contribution in [2.24, 2.45) is 22.0 Å². The van der Waals surface area contributed by atoms with Gasteiger partial charge in [0.1, 0.15) is 11.3 Å². The van der Waals surface area contributed by atoms with E-state index in [4.69, 9.17) is 26.2 Å². The van der Waals surface area contributed by atoms with E-state index in [2.05, 4.69) is 62.3 Å². The van der Waals surface area contributed by atoms with Crippen LogP contribution >= 0.6 is 0 Å². The average molecular weight is 668 g/mol. The number of carbonyl (C=O) groups excluding carboxylic acids is 1. The van der Waals surface area contributed by atoms with Crippen LogP contribution in [0.4, 0.5) is 5.82 Å². The van der Waals surface area contributed by atoms with Gasteiger partial charge in [0.25, 0.3) is 0 Å². The molecule has 11 heteroatoms. The number of nitrogens with zero attached hydrogens (tertiary/aromatic N) is 5. The number of aryl methyl sites for hydroxylation is 2. The van der Waals surface area contributed by atoms with Gasteiger partial charge in [-0.1, -0.05) is 60.1 Å². The van der Waals surface area contributed by atoms with Gasteiger partial charge in [0.2, 0.25) is 5.91 Å². The van der Waals surface area contributed by atoms with E-state index in [0.29, 0.717) is 44.1 Å². The van der Waals surface area contributed by atoms with Crippen LogP contribution in [0.1, 0.15) is 78.6 Å². The summed E-state index contributed by atoms with van der Waals surface area (Å²) in [5.41, 5.74) is 15.0. The summed E-state index contributed by atoms with van der Waals surface area (Å²) in [6.07, 6.45) is 5.21. The smallest absolute Gasteiger partial charge is 0.223 e. The molecule has 1 aliphatic rings. The standard InChI is InChI=1S/C37H61N7O4/c1-7-8-11-30-41-32-33(44(30)22-37(6,23-45)24-46)28-13-12-27(19-29(28)40-34(32)39)10-9-14-42-15-17-43(18-16-42)31(47)20-35(2,3)25-48-26-36(4,5)21-38/h12-13,19,45-46H,7-11,14-18,20-26,38H2,1-6H3,(H2,39,40). The Kier molecular flexibility index (Phi) is 12.9. The molecule has 0 spiro atoms. The molecule has 0 saturated carbocycles. The van der Waals surface area contributed by atoms with Crippen LogP contribution in [0.3, 0.4) is 0 Å². The Hall–Kier alpha value is -2.83. The molecule has 1 aromatic carbocycles. The molecule has 1 saturated heterocycles. The molecule has 0 radical (unpaired) electrons. The number of fused-ring (bicyclic) bond motifs is 3. The second-order valence-electron chi connectivity index (χ2n) is 15.9. The Balaban J connectivity index is 1.35. The summed E-state index contributed by atoms with van der Waals surface area (Å²) in [6.45, 7) is 18.5. The third kappa shape index (κ3) is 9.65. The topological polar surface area (TPSA) is 156 Å². The van der Waals surface area contributed by atoms with Gasteiger partial charge in [-0.2, -0.15) is 0 Å². The Morgan fingerprint density at radius 3 is 2.29 bits per heavy atom. The highest BCUT2D eigenvalue weighted by Crippen LogP contribution is 2.33. The van der Waals surface area contributed by atoms with Crippen LogP contribution in [0.2, 0.25) is 0 Å². The molecule has 268 valence electrons. The van der Waals surface area contributed by atoms with Crippen molar-refractivity contribution in [3.63, 3.8) is 0 Å². The Bertz CT molecular complexity index is 1510. The van der Waals surface area contributed by atoms with E-state index in [-0.39, 0.29) is 30.0 Å². The molecule has 2 aromatic heterocycles. The molecule has 0 atom stereocenters. The molecule has 3 heterocycles. The largest absolute Gasteiger partial charge is 0.396 e. The predicted octanol–water partition coefficient (Wildman–Crippen LogP) is 3.99. The Morgan fingerprint density at radius 2 is 1.65 bits per heavy atom. The van der Waals surface area contributed by atoms with Gasteiger partial charge in [0.15, 0.2) is 5.82 Å². The van der Waals surface area contributed by atoms with Gasteiger partial charge in [-0.15, -0.1) is 0 Å². The zero-order valence-corrected chi connectivity index (χ0v) is 30.4. The minimum Gasteiger partial charge on any atom is -0.396 e. The van der Waals surface area contributed by atoms with Crippen molar-refractivity contribution in [3.8, 4) is 0 Å². The molecule has 1 aliphatic heterocycles. The molecular formula is C37H61N7O4. The number of aliphatic hydroxyl groups is 2. The molecule has 6 N–H and O–H groups in total. The number of rotatable bonds is 18. The van der Waals surface area contributed by atoms with Crippen LogP contribution < -0.4 is 11.5 Å². The SMILES string of the molecule is CCCCc1nc2c(N)nc3cc(CCCN4CCN(C(=O)CC(C)(C)COCC(C)(C)CN)CC4)ccc3c2n1CC(C)(CO)CO. The number of amides is 1. The number of piperazine rings is 1. The minimum absolute atomic E-state index is 0.0592. The van der Waals surface area contributed by atoms with E-state index in [1.807, 2.05) is 11.8 Å². The predicted molar refractivity (Wildman–Crippen MR) is 194 cm³/mol. The van der Waals surface area contributed by atoms with E-state index < -0.39 is 5.41 Å². The second-order valence-corrected chi connectivity index (χ2v) is 15.9. The first-order valence-electron chi connectivity index (χ1n) is 17.8. The number of benzene rings is 1. The molecule has 1 fully saturated rings. The summed E-state index contributed by atoms with van der Waals surface area (Å²) in [5, 5.41) is 21.1. The van der Waals surface area contributed by atoms with Crippen molar-refractivity contribution in [2.45, 2.75) is 86.6 Å². The number of nitrogen functional groups attached to an aromatic ring is 1. The van der Waals surface area contributed by atoms with Crippen molar-refractivity contribution in [2.75, 3.05) is 71.4 Å². The van der Waals surface area contributed by atoms with Crippen LogP contribution in [0.5, 0.6) is 0 Å². The van der Waals surface area contributed by atoms with Crippen LogP contribution in [-0.4, -0.2) is 106 Å². The molecule has 0 unspecified atom stereocenters. The van der Waals surface area contributed by atoms with Crippen molar-refractivity contribution in [3.05, 3.63) is 29.6 Å². The summed E-state index contributed by atoms with van der Waals surface area (Å²) in [4.78, 5) is 27.2. The number of ether oxygens (including phenoxy) is 1. The van der Waals surface area contributed by atoms with E-state index in [0.717, 1.165) is 87.1 Å². The lowest BCUT2D eigenvalue weighted by Crippen LogP contribution is -2.49. The van der Waals surface area contributed by atoms with E-state index in [1.165, 1.54) is 5.56 Å². The van der Waals surface area contributed by atoms with Crippen LogP contribution in [0.25, 0.3) is 21.9 Å². The monoisotopic (exact) mass is 667 g/mol. The lowest BCUT2D eigenvalue weighted by atomic mass is 9.89. The lowest BCUT2D eigenvalue weighted by molar-refractivity contribution is -0.136. The first-order chi connectivity index (χ1) is 22.7. The van der Waals surface area contributed by atoms with Crippen molar-refractivity contribution in [1.82, 2.24) is 24.3 Å². The number of unbranched alkanes of at least 4 members (excludes halogenated alkanes) is 1. The van der Waals surface area contributed by atoms with Crippen LogP contribution in [0.15, 0.2) is 18.2 Å². The molecule has 4 rings (SSSR count). The maximum Gasteiger partial charge on any atom is 0.223 e. The van der Waals surface area contributed by atoms with E-state index in [9.17, 15) is 15.0 Å². The van der Waals surface area contributed by atoms with Crippen LogP contribution in [0, 0.1) is 16.2 Å². The summed E-state index contributed by atoms with van der Waals surface area (Å²) in [7, 11) is 0. The van der Waals surface area contributed by atoms with Crippen LogP contribution in [-0.2, 0) is 28.9 Å². The average Bonchev–Trinajstić information content (AvgIpc) is 3.41. The number of hydrogen-bond donors (Lipinski definition) is 4. The van der Waals surface area contributed by atoms with Gasteiger partial charge in [0.05, 0.1) is 37.5 Å². The first-order valence-corrected chi connectivity index (χ1v) is 17.8. The highest BCUT2D eigenvalue weighted by Gasteiger charge is 2.30. The number of anilines is 1. The van der Waals surface area contributed by atoms with Gasteiger partial charge >= 0.3 is 0 Å². The minimum atomic E-state index is -0.689. The van der Waals surface area contributed by atoms with E-state index >= 15 is 0 Å². The van der Waals surface area contributed by atoms with Crippen molar-refractivity contribution >= 4 is 33.7 Å². The fourth-order valence-electron chi connectivity index (χ4n) is 6.35. The van der Waals surface area contributed by atoms with E-state index in [1.54, 1.807) is 0 Å². The maximum absolute atomic E-state index is 13.1. The zero-order valence-electron chi connectivity index (χ0n) is 30.4. The summed E-state index contributed by atoms with van der Waals surface area (Å²) in [5.74, 6) is 1.52. The highest BCUT2D eigenvalue weighted by molar-refractivity contribution is 6.06. The summed E-state index contributed by atoms with van der Waals surface area (Å²) in [6, 6.07) is 6.41. The number of pyridine rings is 1. The summed E-state index contributed by atoms with van der Waals surface area (Å²) >= 11 is 0. The number of aliphatic hydroxyl groups excluding tert-OH is 2. The lowest BCUT2D eigenvalue weighted by Gasteiger charge is -2.36. The first kappa shape index (κ1) is 38.0. The van der Waals surface area contributed by atoms with Gasteiger partial charge in [-0.3, -0.25) is 9.69 Å². The van der Waals surface area contributed by atoms with Gasteiger partial charge in [0, 0.05) is 61.8 Å². The molecule has 48 heavy (non-hydrogen) atoms. The number of nitrogens with two attached hydrogens (primary N) is 2. The number of imidazole rings is 1. The van der Waals surface area contributed by atoms with Crippen molar-refractivity contribution in [1.29, 1.82) is 0 Å². The fraction of sp³-hybridized carbons (Fsp3) is 0.703. The molecule has 1 amide bonds. The Labute approximate surface area is 287 Å². The molecule has 11 nitrogen and oxygen atoms in total. The third-order valence-electron chi connectivity index (χ3n) is 9.74. The van der Waals surface area contributed by atoms with Gasteiger partial charge in [-0.05, 0) is 49.4 Å². The third-order valence-corrected chi connectivity index (χ3v) is 9.74. The van der Waals surface area contributed by atoms with Gasteiger partial charge in [-0.25, -0.2) is 9.97 Å².